The van der Waals surface area contributed by atoms with Crippen LogP contribution in [0.5, 0.6) is 5.75 Å². The van der Waals surface area contributed by atoms with Gasteiger partial charge in [0.1, 0.15) is 18.2 Å². The van der Waals surface area contributed by atoms with E-state index in [1.807, 2.05) is 30.1 Å². The number of likely N-dealkylation sites (N-methyl/N-ethyl adjacent to an activating group) is 1. The maximum Gasteiger partial charge on any atom is 0.125 e. The summed E-state index contributed by atoms with van der Waals surface area (Å²) in [5, 5.41) is 0. The molecule has 2 aromatic carbocycles. The quantitative estimate of drug-likeness (QED) is 0.840. The molecule has 0 unspecified atom stereocenters. The van der Waals surface area contributed by atoms with Gasteiger partial charge in [-0.15, -0.1) is 0 Å². The minimum Gasteiger partial charge on any atom is -0.492 e. The predicted octanol–water partition coefficient (Wildman–Crippen LogP) is 2.92. The van der Waals surface area contributed by atoms with E-state index in [0.29, 0.717) is 18.8 Å². The van der Waals surface area contributed by atoms with Crippen LogP contribution in [-0.2, 0) is 0 Å². The molecular formula is C15H17FN2O. The van der Waals surface area contributed by atoms with Gasteiger partial charge in [-0.1, -0.05) is 6.07 Å². The van der Waals surface area contributed by atoms with Crippen LogP contribution in [-0.4, -0.2) is 20.2 Å². The number of halogens is 1. The van der Waals surface area contributed by atoms with Crippen LogP contribution in [0.15, 0.2) is 48.5 Å². The number of rotatable bonds is 5. The van der Waals surface area contributed by atoms with Crippen molar-refractivity contribution in [1.82, 2.24) is 0 Å². The number of nitrogens with two attached hydrogens (primary N) is 1. The number of nitrogen functional groups attached to an aromatic ring is 1. The van der Waals surface area contributed by atoms with E-state index < -0.39 is 0 Å². The summed E-state index contributed by atoms with van der Waals surface area (Å²) < 4.78 is 18.7. The molecule has 0 heterocycles. The fourth-order valence-corrected chi connectivity index (χ4v) is 1.71. The topological polar surface area (TPSA) is 38.5 Å². The lowest BCUT2D eigenvalue weighted by Gasteiger charge is -2.19. The van der Waals surface area contributed by atoms with Gasteiger partial charge in [0.15, 0.2) is 0 Å². The number of hydrogen-bond donors (Lipinski definition) is 1. The first kappa shape index (κ1) is 13.2. The summed E-state index contributed by atoms with van der Waals surface area (Å²) in [7, 11) is 1.90. The van der Waals surface area contributed by atoms with Gasteiger partial charge in [0.05, 0.1) is 6.54 Å². The zero-order valence-corrected chi connectivity index (χ0v) is 10.8. The largest absolute Gasteiger partial charge is 0.492 e. The van der Waals surface area contributed by atoms with Gasteiger partial charge in [-0.25, -0.2) is 4.39 Å². The molecule has 0 fully saturated rings. The van der Waals surface area contributed by atoms with Gasteiger partial charge in [0, 0.05) is 18.4 Å². The highest BCUT2D eigenvalue weighted by molar-refractivity contribution is 5.45. The summed E-state index contributed by atoms with van der Waals surface area (Å²) in [6.07, 6.45) is 0. The zero-order valence-electron chi connectivity index (χ0n) is 10.8. The molecule has 0 bridgehead atoms. The third-order valence-electron chi connectivity index (χ3n) is 2.82. The summed E-state index contributed by atoms with van der Waals surface area (Å²) in [5.74, 6) is 0.547. The fraction of sp³-hybridized carbons (Fsp3) is 0.200. The van der Waals surface area contributed by atoms with Crippen molar-refractivity contribution in [1.29, 1.82) is 0 Å². The lowest BCUT2D eigenvalue weighted by atomic mass is 10.3. The summed E-state index contributed by atoms with van der Waals surface area (Å²) in [6.45, 7) is 1.20. The minimum absolute atomic E-state index is 0.233. The molecule has 0 atom stereocenters. The van der Waals surface area contributed by atoms with Crippen LogP contribution >= 0.6 is 0 Å². The fourth-order valence-electron chi connectivity index (χ4n) is 1.71. The Hall–Kier alpha value is -2.23. The number of hydrogen-bond acceptors (Lipinski definition) is 3. The van der Waals surface area contributed by atoms with Gasteiger partial charge in [0.2, 0.25) is 0 Å². The summed E-state index contributed by atoms with van der Waals surface area (Å²) >= 11 is 0. The standard InChI is InChI=1S/C15H17FN2O/c1-18(14-4-2-3-12(16)11-14)9-10-19-15-7-5-13(17)6-8-15/h2-8,11H,9-10,17H2,1H3. The van der Waals surface area contributed by atoms with Gasteiger partial charge in [0.25, 0.3) is 0 Å². The maximum absolute atomic E-state index is 13.1. The van der Waals surface area contributed by atoms with E-state index in [1.54, 1.807) is 18.2 Å². The Balaban J connectivity index is 1.84. The van der Waals surface area contributed by atoms with Gasteiger partial charge in [-0.3, -0.25) is 0 Å². The smallest absolute Gasteiger partial charge is 0.125 e. The number of anilines is 2. The third-order valence-corrected chi connectivity index (χ3v) is 2.82. The Morgan fingerprint density at radius 2 is 1.89 bits per heavy atom. The molecule has 0 amide bonds. The van der Waals surface area contributed by atoms with Gasteiger partial charge >= 0.3 is 0 Å². The predicted molar refractivity (Wildman–Crippen MR) is 76.0 cm³/mol. The minimum atomic E-state index is -0.233. The molecule has 0 spiro atoms. The first-order valence-electron chi connectivity index (χ1n) is 6.10. The summed E-state index contributed by atoms with van der Waals surface area (Å²) in [5.41, 5.74) is 7.14. The summed E-state index contributed by atoms with van der Waals surface area (Å²) in [4.78, 5) is 1.94. The average molecular weight is 260 g/mol. The maximum atomic E-state index is 13.1. The zero-order chi connectivity index (χ0) is 13.7. The SMILES string of the molecule is CN(CCOc1ccc(N)cc1)c1cccc(F)c1. The molecule has 2 N–H and O–H groups in total. The van der Waals surface area contributed by atoms with E-state index >= 15 is 0 Å². The van der Waals surface area contributed by atoms with Crippen molar-refractivity contribution in [3.05, 3.63) is 54.3 Å². The van der Waals surface area contributed by atoms with Crippen molar-refractivity contribution in [3.8, 4) is 5.75 Å². The van der Waals surface area contributed by atoms with E-state index in [0.717, 1.165) is 11.4 Å². The second kappa shape index (κ2) is 6.09. The Morgan fingerprint density at radius 3 is 2.58 bits per heavy atom. The highest BCUT2D eigenvalue weighted by Crippen LogP contribution is 2.15. The van der Waals surface area contributed by atoms with Crippen molar-refractivity contribution >= 4 is 11.4 Å². The molecular weight excluding hydrogens is 243 g/mol. The van der Waals surface area contributed by atoms with Gasteiger partial charge in [-0.2, -0.15) is 0 Å². The highest BCUT2D eigenvalue weighted by Gasteiger charge is 2.02. The molecule has 0 aliphatic heterocycles. The molecule has 19 heavy (non-hydrogen) atoms. The number of nitrogens with zero attached hydrogens (tertiary/aromatic N) is 1. The van der Waals surface area contributed by atoms with Crippen LogP contribution in [0.25, 0.3) is 0 Å². The van der Waals surface area contributed by atoms with Crippen molar-refractivity contribution in [3.63, 3.8) is 0 Å². The van der Waals surface area contributed by atoms with Gasteiger partial charge < -0.3 is 15.4 Å². The first-order chi connectivity index (χ1) is 9.15. The molecule has 4 heteroatoms. The molecule has 0 saturated carbocycles. The molecule has 3 nitrogen and oxygen atoms in total. The van der Waals surface area contributed by atoms with Crippen molar-refractivity contribution in [2.45, 2.75) is 0 Å². The molecule has 2 rings (SSSR count). The lowest BCUT2D eigenvalue weighted by Crippen LogP contribution is -2.23. The first-order valence-corrected chi connectivity index (χ1v) is 6.10. The molecule has 100 valence electrons. The van der Waals surface area contributed by atoms with Crippen LogP contribution in [0.3, 0.4) is 0 Å². The van der Waals surface area contributed by atoms with Crippen molar-refractivity contribution in [2.75, 3.05) is 30.8 Å². The van der Waals surface area contributed by atoms with Crippen LogP contribution in [0.2, 0.25) is 0 Å². The average Bonchev–Trinajstić information content (AvgIpc) is 2.41. The van der Waals surface area contributed by atoms with Crippen molar-refractivity contribution < 1.29 is 9.13 Å². The van der Waals surface area contributed by atoms with E-state index in [9.17, 15) is 4.39 Å². The van der Waals surface area contributed by atoms with Crippen LogP contribution < -0.4 is 15.4 Å². The molecule has 0 aliphatic carbocycles. The van der Waals surface area contributed by atoms with Crippen molar-refractivity contribution in [2.24, 2.45) is 0 Å². The number of benzene rings is 2. The number of ether oxygens (including phenoxy) is 1. The molecule has 0 radical (unpaired) electrons. The van der Waals surface area contributed by atoms with Gasteiger partial charge in [-0.05, 0) is 42.5 Å². The Morgan fingerprint density at radius 1 is 1.16 bits per heavy atom. The second-order valence-electron chi connectivity index (χ2n) is 4.32. The third kappa shape index (κ3) is 3.88. The van der Waals surface area contributed by atoms with E-state index in [-0.39, 0.29) is 5.82 Å². The summed E-state index contributed by atoms with van der Waals surface area (Å²) in [6, 6.07) is 13.8. The molecule has 0 aliphatic rings. The van der Waals surface area contributed by atoms with Crippen LogP contribution in [0.1, 0.15) is 0 Å². The van der Waals surface area contributed by atoms with E-state index in [2.05, 4.69) is 0 Å². The van der Waals surface area contributed by atoms with Crippen LogP contribution in [0.4, 0.5) is 15.8 Å². The van der Waals surface area contributed by atoms with E-state index in [1.165, 1.54) is 12.1 Å². The Kier molecular flexibility index (Phi) is 4.23. The second-order valence-corrected chi connectivity index (χ2v) is 4.32. The monoisotopic (exact) mass is 260 g/mol. The Labute approximate surface area is 112 Å². The normalized spacial score (nSPS) is 10.2. The van der Waals surface area contributed by atoms with Crippen LogP contribution in [0, 0.1) is 5.82 Å². The lowest BCUT2D eigenvalue weighted by molar-refractivity contribution is 0.326. The Bertz CT molecular complexity index is 528. The molecule has 0 aromatic heterocycles. The van der Waals surface area contributed by atoms with E-state index in [4.69, 9.17) is 10.5 Å². The highest BCUT2D eigenvalue weighted by atomic mass is 19.1. The molecule has 2 aromatic rings. The molecule has 0 saturated heterocycles.